The van der Waals surface area contributed by atoms with E-state index in [9.17, 15) is 0 Å². The Morgan fingerprint density at radius 3 is 1.33 bits per heavy atom. The van der Waals surface area contributed by atoms with Crippen molar-refractivity contribution in [1.29, 1.82) is 0 Å². The van der Waals surface area contributed by atoms with E-state index in [0.29, 0.717) is 12.2 Å². The van der Waals surface area contributed by atoms with Gasteiger partial charge in [-0.15, -0.1) is 0 Å². The van der Waals surface area contributed by atoms with E-state index in [2.05, 4.69) is 13.8 Å². The van der Waals surface area contributed by atoms with Crippen molar-refractivity contribution in [3.8, 4) is 0 Å². The Balaban J connectivity index is 0.000000120. The molecule has 2 fully saturated rings. The minimum absolute atomic E-state index is 0.546. The standard InChI is InChI=1S/2C5H10O/c2*1-5-3-2-4-6-5/h2*5H,2-4H2,1H3. The monoisotopic (exact) mass is 172 g/mol. The van der Waals surface area contributed by atoms with Gasteiger partial charge in [0.15, 0.2) is 0 Å². The maximum atomic E-state index is 5.15. The van der Waals surface area contributed by atoms with Gasteiger partial charge in [0.05, 0.1) is 12.2 Å². The fraction of sp³-hybridized carbons (Fsp3) is 1.00. The highest BCUT2D eigenvalue weighted by molar-refractivity contribution is 4.56. The number of ether oxygens (including phenoxy) is 2. The van der Waals surface area contributed by atoms with Crippen molar-refractivity contribution < 1.29 is 9.47 Å². The van der Waals surface area contributed by atoms with E-state index < -0.39 is 0 Å². The molecule has 2 rings (SSSR count). The van der Waals surface area contributed by atoms with Crippen LogP contribution >= 0.6 is 0 Å². The minimum atomic E-state index is 0.546. The van der Waals surface area contributed by atoms with Crippen LogP contribution in [0.4, 0.5) is 0 Å². The zero-order valence-electron chi connectivity index (χ0n) is 8.21. The van der Waals surface area contributed by atoms with Crippen molar-refractivity contribution in [2.24, 2.45) is 0 Å². The van der Waals surface area contributed by atoms with Crippen LogP contribution in [-0.2, 0) is 9.47 Å². The highest BCUT2D eigenvalue weighted by atomic mass is 16.5. The van der Waals surface area contributed by atoms with Gasteiger partial charge in [0.2, 0.25) is 0 Å². The van der Waals surface area contributed by atoms with Crippen LogP contribution in [0.25, 0.3) is 0 Å². The quantitative estimate of drug-likeness (QED) is 0.558. The van der Waals surface area contributed by atoms with E-state index in [-0.39, 0.29) is 0 Å². The Bertz CT molecular complexity index is 88.4. The van der Waals surface area contributed by atoms with Gasteiger partial charge < -0.3 is 9.47 Å². The largest absolute Gasteiger partial charge is 0.379 e. The predicted molar refractivity (Wildman–Crippen MR) is 49.3 cm³/mol. The summed E-state index contributed by atoms with van der Waals surface area (Å²) in [6, 6.07) is 0. The summed E-state index contributed by atoms with van der Waals surface area (Å²) in [5, 5.41) is 0. The summed E-state index contributed by atoms with van der Waals surface area (Å²) in [7, 11) is 0. The van der Waals surface area contributed by atoms with E-state index >= 15 is 0 Å². The lowest BCUT2D eigenvalue weighted by atomic mass is 10.3. The van der Waals surface area contributed by atoms with E-state index in [1.54, 1.807) is 0 Å². The lowest BCUT2D eigenvalue weighted by Crippen LogP contribution is -1.94. The summed E-state index contributed by atoms with van der Waals surface area (Å²) in [5.41, 5.74) is 0. The molecular formula is C10H20O2. The Morgan fingerprint density at radius 1 is 0.833 bits per heavy atom. The molecule has 0 amide bonds. The van der Waals surface area contributed by atoms with Gasteiger partial charge in [-0.25, -0.2) is 0 Å². The molecule has 0 saturated carbocycles. The van der Waals surface area contributed by atoms with Gasteiger partial charge in [-0.2, -0.15) is 0 Å². The molecule has 0 bridgehead atoms. The molecule has 0 N–H and O–H groups in total. The molecule has 2 atom stereocenters. The van der Waals surface area contributed by atoms with E-state index in [0.717, 1.165) is 13.2 Å². The minimum Gasteiger partial charge on any atom is -0.379 e. The first kappa shape index (κ1) is 10.0. The van der Waals surface area contributed by atoms with Crippen LogP contribution in [0.15, 0.2) is 0 Å². The number of hydrogen-bond donors (Lipinski definition) is 0. The van der Waals surface area contributed by atoms with Gasteiger partial charge in [-0.3, -0.25) is 0 Å². The fourth-order valence-electron chi connectivity index (χ4n) is 1.48. The van der Waals surface area contributed by atoms with Crippen molar-refractivity contribution in [2.75, 3.05) is 13.2 Å². The second-order valence-electron chi connectivity index (χ2n) is 3.65. The Morgan fingerprint density at radius 2 is 1.25 bits per heavy atom. The van der Waals surface area contributed by atoms with Crippen molar-refractivity contribution in [1.82, 2.24) is 0 Å². The maximum absolute atomic E-state index is 5.15. The molecule has 2 heterocycles. The molecule has 0 aromatic rings. The number of hydrogen-bond acceptors (Lipinski definition) is 2. The Kier molecular flexibility index (Phi) is 4.62. The Hall–Kier alpha value is -0.0800. The molecule has 0 aromatic carbocycles. The third kappa shape index (κ3) is 4.07. The lowest BCUT2D eigenvalue weighted by molar-refractivity contribution is 0.125. The average Bonchev–Trinajstić information content (AvgIpc) is 2.63. The smallest absolute Gasteiger partial charge is 0.0547 e. The van der Waals surface area contributed by atoms with Crippen molar-refractivity contribution in [3.63, 3.8) is 0 Å². The Labute approximate surface area is 75.2 Å². The van der Waals surface area contributed by atoms with Crippen LogP contribution in [0.1, 0.15) is 39.5 Å². The summed E-state index contributed by atoms with van der Waals surface area (Å²) >= 11 is 0. The van der Waals surface area contributed by atoms with Gasteiger partial charge in [0.25, 0.3) is 0 Å². The molecule has 72 valence electrons. The molecule has 2 nitrogen and oxygen atoms in total. The van der Waals surface area contributed by atoms with Crippen LogP contribution in [0.5, 0.6) is 0 Å². The second kappa shape index (κ2) is 5.55. The first-order valence-corrected chi connectivity index (χ1v) is 5.02. The summed E-state index contributed by atoms with van der Waals surface area (Å²) in [5.74, 6) is 0. The summed E-state index contributed by atoms with van der Waals surface area (Å²) in [4.78, 5) is 0. The SMILES string of the molecule is CC1CCCO1.CC1CCCO1. The summed E-state index contributed by atoms with van der Waals surface area (Å²) in [6.07, 6.45) is 6.15. The van der Waals surface area contributed by atoms with Crippen LogP contribution in [0.2, 0.25) is 0 Å². The first-order valence-electron chi connectivity index (χ1n) is 5.02. The third-order valence-electron chi connectivity index (χ3n) is 2.31. The zero-order valence-corrected chi connectivity index (χ0v) is 8.21. The van der Waals surface area contributed by atoms with Crippen LogP contribution < -0.4 is 0 Å². The summed E-state index contributed by atoms with van der Waals surface area (Å²) in [6.45, 7) is 6.21. The first-order chi connectivity index (χ1) is 5.79. The third-order valence-corrected chi connectivity index (χ3v) is 2.31. The van der Waals surface area contributed by atoms with E-state index in [4.69, 9.17) is 9.47 Å². The topological polar surface area (TPSA) is 18.5 Å². The molecule has 2 aliphatic heterocycles. The van der Waals surface area contributed by atoms with Gasteiger partial charge in [0.1, 0.15) is 0 Å². The van der Waals surface area contributed by atoms with Crippen molar-refractivity contribution >= 4 is 0 Å². The molecule has 0 aliphatic carbocycles. The molecule has 2 heteroatoms. The molecule has 2 aliphatic rings. The van der Waals surface area contributed by atoms with Crippen LogP contribution in [0, 0.1) is 0 Å². The molecule has 12 heavy (non-hydrogen) atoms. The van der Waals surface area contributed by atoms with Crippen LogP contribution in [0.3, 0.4) is 0 Å². The average molecular weight is 172 g/mol. The molecule has 0 spiro atoms. The van der Waals surface area contributed by atoms with Gasteiger partial charge >= 0.3 is 0 Å². The normalized spacial score (nSPS) is 34.5. The molecular weight excluding hydrogens is 152 g/mol. The van der Waals surface area contributed by atoms with Gasteiger partial charge in [-0.05, 0) is 39.5 Å². The molecule has 2 unspecified atom stereocenters. The number of rotatable bonds is 0. The molecule has 0 aromatic heterocycles. The molecule has 0 radical (unpaired) electrons. The summed E-state index contributed by atoms with van der Waals surface area (Å²) < 4.78 is 10.3. The highest BCUT2D eigenvalue weighted by Gasteiger charge is 2.07. The molecule has 2 saturated heterocycles. The highest BCUT2D eigenvalue weighted by Crippen LogP contribution is 2.09. The zero-order chi connectivity index (χ0) is 8.81. The van der Waals surface area contributed by atoms with E-state index in [1.165, 1.54) is 25.7 Å². The van der Waals surface area contributed by atoms with Gasteiger partial charge in [-0.1, -0.05) is 0 Å². The fourth-order valence-corrected chi connectivity index (χ4v) is 1.48. The van der Waals surface area contributed by atoms with Crippen molar-refractivity contribution in [3.05, 3.63) is 0 Å². The predicted octanol–water partition coefficient (Wildman–Crippen LogP) is 2.37. The van der Waals surface area contributed by atoms with E-state index in [1.807, 2.05) is 0 Å². The second-order valence-corrected chi connectivity index (χ2v) is 3.65. The van der Waals surface area contributed by atoms with Gasteiger partial charge in [0, 0.05) is 13.2 Å². The van der Waals surface area contributed by atoms with Crippen LogP contribution in [-0.4, -0.2) is 25.4 Å². The lowest BCUT2D eigenvalue weighted by Gasteiger charge is -1.94. The van der Waals surface area contributed by atoms with Crippen molar-refractivity contribution in [2.45, 2.75) is 51.7 Å². The maximum Gasteiger partial charge on any atom is 0.0547 e.